The largest absolute Gasteiger partial charge is 0.497 e. The number of methoxy groups -OCH3 is 3. The monoisotopic (exact) mass is 441 g/mol. The second-order valence-corrected chi connectivity index (χ2v) is 7.81. The molecule has 1 heterocycles. The van der Waals surface area contributed by atoms with Gasteiger partial charge in [-0.15, -0.1) is 0 Å². The van der Waals surface area contributed by atoms with E-state index in [0.717, 1.165) is 17.3 Å². The molecule has 0 fully saturated rings. The first-order valence-corrected chi connectivity index (χ1v) is 10.3. The molecule has 3 rings (SSSR count). The second-order valence-electron chi connectivity index (χ2n) is 6.48. The Morgan fingerprint density at radius 3 is 2.35 bits per heavy atom. The summed E-state index contributed by atoms with van der Waals surface area (Å²) in [5.41, 5.74) is 1.57. The molecule has 31 heavy (non-hydrogen) atoms. The highest BCUT2D eigenvalue weighted by atomic mass is 32.2. The summed E-state index contributed by atoms with van der Waals surface area (Å²) in [5, 5.41) is 2.68. The summed E-state index contributed by atoms with van der Waals surface area (Å²) < 4.78 is 15.6. The molecule has 0 bridgehead atoms. The van der Waals surface area contributed by atoms with Crippen molar-refractivity contribution >= 4 is 23.4 Å². The van der Waals surface area contributed by atoms with Crippen molar-refractivity contribution in [2.24, 2.45) is 0 Å². The Balaban J connectivity index is 1.73. The Morgan fingerprint density at radius 1 is 1.00 bits per heavy atom. The number of ether oxygens (including phenoxy) is 3. The number of hydrogen-bond donors (Lipinski definition) is 2. The van der Waals surface area contributed by atoms with Crippen molar-refractivity contribution in [1.29, 1.82) is 0 Å². The van der Waals surface area contributed by atoms with Crippen LogP contribution in [0, 0.1) is 0 Å². The molecule has 2 N–H and O–H groups in total. The summed E-state index contributed by atoms with van der Waals surface area (Å²) in [7, 11) is 4.66. The summed E-state index contributed by atoms with van der Waals surface area (Å²) in [6, 6.07) is 13.8. The molecule has 0 aliphatic rings. The van der Waals surface area contributed by atoms with Crippen molar-refractivity contribution in [2.45, 2.75) is 17.3 Å². The molecular formula is C22H23N3O5S. The predicted molar refractivity (Wildman–Crippen MR) is 120 cm³/mol. The van der Waals surface area contributed by atoms with Gasteiger partial charge in [0.25, 0.3) is 5.56 Å². The molecule has 1 atom stereocenters. The highest BCUT2D eigenvalue weighted by Gasteiger charge is 2.18. The molecule has 1 unspecified atom stereocenters. The van der Waals surface area contributed by atoms with E-state index in [1.165, 1.54) is 13.2 Å². The van der Waals surface area contributed by atoms with Crippen molar-refractivity contribution in [3.8, 4) is 28.5 Å². The number of aromatic nitrogens is 2. The first kappa shape index (κ1) is 22.2. The Bertz CT molecular complexity index is 1110. The molecule has 2 aromatic carbocycles. The molecule has 1 aromatic heterocycles. The number of carbonyl (C=O) groups is 1. The molecule has 8 nitrogen and oxygen atoms in total. The molecule has 3 aromatic rings. The zero-order valence-electron chi connectivity index (χ0n) is 17.6. The highest BCUT2D eigenvalue weighted by Crippen LogP contribution is 2.30. The van der Waals surface area contributed by atoms with Gasteiger partial charge >= 0.3 is 0 Å². The summed E-state index contributed by atoms with van der Waals surface area (Å²) in [4.78, 5) is 31.9. The van der Waals surface area contributed by atoms with Crippen LogP contribution in [0.4, 0.5) is 5.69 Å². The summed E-state index contributed by atoms with van der Waals surface area (Å²) in [5.74, 6) is 1.55. The highest BCUT2D eigenvalue weighted by molar-refractivity contribution is 8.00. The molecule has 0 saturated carbocycles. The summed E-state index contributed by atoms with van der Waals surface area (Å²) in [6.45, 7) is 1.74. The van der Waals surface area contributed by atoms with E-state index >= 15 is 0 Å². The first-order chi connectivity index (χ1) is 14.9. The van der Waals surface area contributed by atoms with E-state index in [9.17, 15) is 9.59 Å². The normalized spacial score (nSPS) is 11.5. The SMILES string of the molecule is COc1ccc(-c2cc(=O)[nH]c(SC(C)C(=O)Nc3ccc(OC)c(OC)c3)n2)cc1. The number of anilines is 1. The van der Waals surface area contributed by atoms with E-state index in [1.54, 1.807) is 51.5 Å². The third kappa shape index (κ3) is 5.58. The number of thioether (sulfide) groups is 1. The van der Waals surface area contributed by atoms with E-state index < -0.39 is 5.25 Å². The van der Waals surface area contributed by atoms with Crippen LogP contribution in [-0.2, 0) is 4.79 Å². The van der Waals surface area contributed by atoms with E-state index in [4.69, 9.17) is 14.2 Å². The van der Waals surface area contributed by atoms with E-state index in [0.29, 0.717) is 33.8 Å². The van der Waals surface area contributed by atoms with Gasteiger partial charge in [-0.1, -0.05) is 11.8 Å². The lowest BCUT2D eigenvalue weighted by atomic mass is 10.1. The topological polar surface area (TPSA) is 103 Å². The van der Waals surface area contributed by atoms with Crippen molar-refractivity contribution in [3.05, 3.63) is 58.9 Å². The van der Waals surface area contributed by atoms with Crippen LogP contribution in [0.25, 0.3) is 11.3 Å². The predicted octanol–water partition coefficient (Wildman–Crippen LogP) is 3.58. The zero-order chi connectivity index (χ0) is 22.4. The molecule has 1 amide bonds. The van der Waals surface area contributed by atoms with Crippen molar-refractivity contribution in [3.63, 3.8) is 0 Å². The molecular weight excluding hydrogens is 418 g/mol. The minimum atomic E-state index is -0.512. The molecule has 0 saturated heterocycles. The van der Waals surface area contributed by atoms with Crippen molar-refractivity contribution < 1.29 is 19.0 Å². The van der Waals surface area contributed by atoms with Gasteiger partial charge in [0.15, 0.2) is 16.7 Å². The lowest BCUT2D eigenvalue weighted by Gasteiger charge is -2.14. The number of rotatable bonds is 8. The standard InChI is InChI=1S/C22H23N3O5S/c1-13(21(27)23-15-7-10-18(29-3)19(11-15)30-4)31-22-24-17(12-20(26)25-22)14-5-8-16(28-2)9-6-14/h5-13H,1-4H3,(H,23,27)(H,24,25,26). The number of nitrogens with one attached hydrogen (secondary N) is 2. The minimum Gasteiger partial charge on any atom is -0.497 e. The number of nitrogens with zero attached hydrogens (tertiary/aromatic N) is 1. The molecule has 0 radical (unpaired) electrons. The van der Waals surface area contributed by atoms with Gasteiger partial charge < -0.3 is 24.5 Å². The van der Waals surface area contributed by atoms with E-state index in [1.807, 2.05) is 12.1 Å². The van der Waals surface area contributed by atoms with Crippen LogP contribution in [0.5, 0.6) is 17.2 Å². The van der Waals surface area contributed by atoms with E-state index in [-0.39, 0.29) is 11.5 Å². The maximum absolute atomic E-state index is 12.6. The fourth-order valence-corrected chi connectivity index (χ4v) is 3.59. The van der Waals surface area contributed by atoms with Gasteiger partial charge in [-0.05, 0) is 43.3 Å². The third-order valence-corrected chi connectivity index (χ3v) is 5.40. The van der Waals surface area contributed by atoms with Crippen LogP contribution in [-0.4, -0.2) is 42.5 Å². The van der Waals surface area contributed by atoms with Gasteiger partial charge in [0, 0.05) is 23.4 Å². The smallest absolute Gasteiger partial charge is 0.252 e. The lowest BCUT2D eigenvalue weighted by molar-refractivity contribution is -0.115. The van der Waals surface area contributed by atoms with Gasteiger partial charge in [0.05, 0.1) is 32.3 Å². The van der Waals surface area contributed by atoms with Gasteiger partial charge in [-0.3, -0.25) is 9.59 Å². The Morgan fingerprint density at radius 2 is 1.71 bits per heavy atom. The Kier molecular flexibility index (Phi) is 7.19. The van der Waals surface area contributed by atoms with Crippen LogP contribution in [0.3, 0.4) is 0 Å². The number of H-pyrrole nitrogens is 1. The van der Waals surface area contributed by atoms with Crippen LogP contribution in [0.2, 0.25) is 0 Å². The molecule has 162 valence electrons. The van der Waals surface area contributed by atoms with Crippen LogP contribution >= 0.6 is 11.8 Å². The quantitative estimate of drug-likeness (QED) is 0.407. The van der Waals surface area contributed by atoms with Crippen LogP contribution in [0.15, 0.2) is 58.5 Å². The Labute approximate surface area is 184 Å². The number of carbonyl (C=O) groups excluding carboxylic acids is 1. The summed E-state index contributed by atoms with van der Waals surface area (Å²) in [6.07, 6.45) is 0. The number of benzene rings is 2. The average Bonchev–Trinajstić information content (AvgIpc) is 2.78. The molecule has 0 spiro atoms. The van der Waals surface area contributed by atoms with Crippen molar-refractivity contribution in [1.82, 2.24) is 9.97 Å². The number of hydrogen-bond acceptors (Lipinski definition) is 7. The first-order valence-electron chi connectivity index (χ1n) is 9.39. The van der Waals surface area contributed by atoms with Crippen molar-refractivity contribution in [2.75, 3.05) is 26.6 Å². The van der Waals surface area contributed by atoms with Gasteiger partial charge in [-0.25, -0.2) is 4.98 Å². The average molecular weight is 442 g/mol. The fraction of sp³-hybridized carbons (Fsp3) is 0.227. The van der Waals surface area contributed by atoms with Gasteiger partial charge in [0.2, 0.25) is 5.91 Å². The van der Waals surface area contributed by atoms with Gasteiger partial charge in [0.1, 0.15) is 5.75 Å². The maximum atomic E-state index is 12.6. The second kappa shape index (κ2) is 10.0. The summed E-state index contributed by atoms with van der Waals surface area (Å²) >= 11 is 1.16. The van der Waals surface area contributed by atoms with Gasteiger partial charge in [-0.2, -0.15) is 0 Å². The maximum Gasteiger partial charge on any atom is 0.252 e. The molecule has 0 aliphatic carbocycles. The van der Waals surface area contributed by atoms with Crippen LogP contribution < -0.4 is 25.1 Å². The zero-order valence-corrected chi connectivity index (χ0v) is 18.4. The molecule has 9 heteroatoms. The fourth-order valence-electron chi connectivity index (χ4n) is 2.78. The third-order valence-electron chi connectivity index (χ3n) is 4.41. The van der Waals surface area contributed by atoms with Crippen LogP contribution in [0.1, 0.15) is 6.92 Å². The number of amides is 1. The molecule has 0 aliphatic heterocycles. The lowest BCUT2D eigenvalue weighted by Crippen LogP contribution is -2.23. The number of aromatic amines is 1. The van der Waals surface area contributed by atoms with E-state index in [2.05, 4.69) is 15.3 Å². The Hall–Kier alpha value is -3.46. The minimum absolute atomic E-state index is 0.241.